The Labute approximate surface area is 167 Å². The van der Waals surface area contributed by atoms with Crippen LogP contribution in [0.5, 0.6) is 0 Å². The van der Waals surface area contributed by atoms with E-state index in [4.69, 9.17) is 8.83 Å². The minimum Gasteiger partial charge on any atom is -0.544 e. The number of rotatable bonds is 6. The first-order valence-electron chi connectivity index (χ1n) is 8.31. The molecule has 8 nitrogen and oxygen atoms in total. The molecule has 0 atom stereocenters. The predicted molar refractivity (Wildman–Crippen MR) is 104 cm³/mol. The Hall–Kier alpha value is -3.85. The van der Waals surface area contributed by atoms with Gasteiger partial charge in [-0.3, -0.25) is 10.1 Å². The van der Waals surface area contributed by atoms with Crippen LogP contribution in [-0.4, -0.2) is 15.9 Å². The molecule has 0 fully saturated rings. The summed E-state index contributed by atoms with van der Waals surface area (Å²) in [5, 5.41) is 22.9. The van der Waals surface area contributed by atoms with Crippen molar-refractivity contribution >= 4 is 40.6 Å². The highest BCUT2D eigenvalue weighted by Gasteiger charge is 2.17. The van der Waals surface area contributed by atoms with Gasteiger partial charge < -0.3 is 18.7 Å². The summed E-state index contributed by atoms with van der Waals surface area (Å²) in [5.41, 5.74) is 1.31. The monoisotopic (exact) mass is 407 g/mol. The van der Waals surface area contributed by atoms with Crippen molar-refractivity contribution in [2.24, 2.45) is 0 Å². The zero-order valence-corrected chi connectivity index (χ0v) is 15.4. The van der Waals surface area contributed by atoms with Gasteiger partial charge in [0.1, 0.15) is 17.0 Å². The smallest absolute Gasteiger partial charge is 0.280 e. The molecule has 0 aliphatic heterocycles. The van der Waals surface area contributed by atoms with Gasteiger partial charge in [-0.05, 0) is 48.2 Å². The lowest BCUT2D eigenvalue weighted by molar-refractivity contribution is -0.384. The second-order valence-electron chi connectivity index (χ2n) is 5.82. The van der Waals surface area contributed by atoms with E-state index in [1.165, 1.54) is 24.3 Å². The van der Waals surface area contributed by atoms with Gasteiger partial charge in [-0.15, -0.1) is 0 Å². The van der Waals surface area contributed by atoms with Gasteiger partial charge in [0.25, 0.3) is 10.9 Å². The molecule has 4 rings (SSSR count). The van der Waals surface area contributed by atoms with Crippen molar-refractivity contribution in [2.75, 3.05) is 0 Å². The molecule has 0 radical (unpaired) electrons. The van der Waals surface area contributed by atoms with Crippen molar-refractivity contribution in [1.29, 1.82) is 0 Å². The molecule has 0 aliphatic carbocycles. The first kappa shape index (κ1) is 18.5. The first-order chi connectivity index (χ1) is 14.0. The number of carboxylic acid groups (broad SMARTS) is 1. The maximum absolute atomic E-state index is 11.5. The summed E-state index contributed by atoms with van der Waals surface area (Å²) < 4.78 is 11.1. The molecule has 9 heteroatoms. The minimum absolute atomic E-state index is 0.113. The van der Waals surface area contributed by atoms with Gasteiger partial charge in [0.2, 0.25) is 0 Å². The second kappa shape index (κ2) is 7.64. The molecule has 0 saturated carbocycles. The Kier molecular flexibility index (Phi) is 4.88. The van der Waals surface area contributed by atoms with E-state index in [1.807, 2.05) is 0 Å². The Morgan fingerprint density at radius 2 is 1.79 bits per heavy atom. The Bertz CT molecular complexity index is 1220. The lowest BCUT2D eigenvalue weighted by atomic mass is 10.1. The molecule has 29 heavy (non-hydrogen) atoms. The van der Waals surface area contributed by atoms with Crippen LogP contribution in [0.4, 0.5) is 5.69 Å². The van der Waals surface area contributed by atoms with Crippen molar-refractivity contribution in [3.63, 3.8) is 0 Å². The molecule has 2 aromatic heterocycles. The van der Waals surface area contributed by atoms with E-state index < -0.39 is 10.9 Å². The largest absolute Gasteiger partial charge is 0.544 e. The number of hydrogen-bond acceptors (Lipinski definition) is 8. The van der Waals surface area contributed by atoms with E-state index in [9.17, 15) is 20.0 Å². The Balaban J connectivity index is 1.65. The number of aromatic nitrogens is 1. The number of furan rings is 1. The van der Waals surface area contributed by atoms with Crippen LogP contribution in [0, 0.1) is 10.1 Å². The normalized spacial score (nSPS) is 11.7. The van der Waals surface area contributed by atoms with Crippen molar-refractivity contribution in [3.8, 4) is 11.3 Å². The number of nitro benzene ring substituents is 1. The van der Waals surface area contributed by atoms with E-state index in [0.29, 0.717) is 16.7 Å². The number of carbonyl (C=O) groups is 1. The summed E-state index contributed by atoms with van der Waals surface area (Å²) in [6.45, 7) is 0. The number of oxazole rings is 1. The summed E-state index contributed by atoms with van der Waals surface area (Å²) in [4.78, 5) is 26.3. The highest BCUT2D eigenvalue weighted by molar-refractivity contribution is 8.03. The third kappa shape index (κ3) is 3.90. The quantitative estimate of drug-likeness (QED) is 0.204. The Morgan fingerprint density at radius 1 is 1.03 bits per heavy atom. The highest BCUT2D eigenvalue weighted by Crippen LogP contribution is 2.33. The van der Waals surface area contributed by atoms with Crippen LogP contribution >= 0.6 is 11.8 Å². The van der Waals surface area contributed by atoms with E-state index >= 15 is 0 Å². The van der Waals surface area contributed by atoms with Crippen molar-refractivity contribution in [1.82, 2.24) is 4.98 Å². The van der Waals surface area contributed by atoms with Gasteiger partial charge in [0.05, 0.1) is 16.5 Å². The van der Waals surface area contributed by atoms with Gasteiger partial charge in [-0.25, -0.2) is 4.98 Å². The number of para-hydroxylation sites is 3. The number of fused-ring (bicyclic) bond motifs is 1. The molecule has 0 saturated heterocycles. The molecule has 4 aromatic rings. The second-order valence-corrected chi connectivity index (χ2v) is 6.82. The lowest BCUT2D eigenvalue weighted by Crippen LogP contribution is -2.22. The molecule has 2 aromatic carbocycles. The van der Waals surface area contributed by atoms with Crippen LogP contribution in [0.1, 0.15) is 5.76 Å². The SMILES string of the molecule is O=C([O-])/C(=C\c1ccc(-c2ccccc2[N+](=O)[O-])o1)Sc1nc2ccccc2o1. The third-order valence-electron chi connectivity index (χ3n) is 3.94. The standard InChI is InChI=1S/C20H12N2O6S/c23-19(24)18(29-20-21-14-6-2-4-8-17(14)28-20)11-12-9-10-16(27-12)13-5-1-3-7-15(13)22(25)26/h1-11H,(H,23,24)/p-1/b18-11+. The van der Waals surface area contributed by atoms with E-state index in [0.717, 1.165) is 11.8 Å². The Morgan fingerprint density at radius 3 is 2.55 bits per heavy atom. The molecular weight excluding hydrogens is 396 g/mol. The fourth-order valence-corrected chi connectivity index (χ4v) is 3.39. The van der Waals surface area contributed by atoms with Crippen LogP contribution in [-0.2, 0) is 4.79 Å². The lowest BCUT2D eigenvalue weighted by Gasteiger charge is -2.04. The average Bonchev–Trinajstić information content (AvgIpc) is 3.33. The van der Waals surface area contributed by atoms with Crippen molar-refractivity contribution in [3.05, 3.63) is 81.4 Å². The van der Waals surface area contributed by atoms with Gasteiger partial charge in [-0.1, -0.05) is 24.3 Å². The number of carbonyl (C=O) groups excluding carboxylic acids is 1. The molecule has 0 aliphatic rings. The maximum Gasteiger partial charge on any atom is 0.280 e. The molecule has 144 valence electrons. The van der Waals surface area contributed by atoms with Crippen LogP contribution in [0.25, 0.3) is 28.5 Å². The van der Waals surface area contributed by atoms with Crippen molar-refractivity contribution in [2.45, 2.75) is 5.22 Å². The van der Waals surface area contributed by atoms with Crippen LogP contribution in [0.15, 0.2) is 79.6 Å². The maximum atomic E-state index is 11.5. The summed E-state index contributed by atoms with van der Waals surface area (Å²) in [6.07, 6.45) is 1.26. The molecule has 0 unspecified atom stereocenters. The van der Waals surface area contributed by atoms with Crippen LogP contribution < -0.4 is 5.11 Å². The minimum atomic E-state index is -1.43. The van der Waals surface area contributed by atoms with E-state index in [1.54, 1.807) is 42.5 Å². The summed E-state index contributed by atoms with van der Waals surface area (Å²) in [7, 11) is 0. The summed E-state index contributed by atoms with van der Waals surface area (Å²) in [5.74, 6) is -0.991. The summed E-state index contributed by atoms with van der Waals surface area (Å²) >= 11 is 0.784. The number of thioether (sulfide) groups is 1. The van der Waals surface area contributed by atoms with Gasteiger partial charge in [0, 0.05) is 11.0 Å². The number of benzene rings is 2. The fourth-order valence-electron chi connectivity index (χ4n) is 2.66. The number of hydrogen-bond donors (Lipinski definition) is 0. The zero-order valence-electron chi connectivity index (χ0n) is 14.6. The number of nitro groups is 1. The first-order valence-corrected chi connectivity index (χ1v) is 9.13. The molecular formula is C20H11N2O6S-. The third-order valence-corrected chi connectivity index (χ3v) is 4.79. The highest BCUT2D eigenvalue weighted by atomic mass is 32.2. The van der Waals surface area contributed by atoms with Crippen molar-refractivity contribution < 1.29 is 23.7 Å². The molecule has 0 amide bonds. The molecule has 2 heterocycles. The van der Waals surface area contributed by atoms with Gasteiger partial charge in [0.15, 0.2) is 5.58 Å². The zero-order chi connectivity index (χ0) is 20.4. The number of aliphatic carboxylic acids is 1. The predicted octanol–water partition coefficient (Wildman–Crippen LogP) is 3.88. The number of nitrogens with zero attached hydrogens (tertiary/aromatic N) is 2. The van der Waals surface area contributed by atoms with E-state index in [-0.39, 0.29) is 27.3 Å². The molecule has 0 N–H and O–H groups in total. The molecule has 0 bridgehead atoms. The van der Waals surface area contributed by atoms with Crippen LogP contribution in [0.3, 0.4) is 0 Å². The van der Waals surface area contributed by atoms with E-state index in [2.05, 4.69) is 4.98 Å². The summed E-state index contributed by atoms with van der Waals surface area (Å²) in [6, 6.07) is 16.2. The molecule has 0 spiro atoms. The van der Waals surface area contributed by atoms with Crippen LogP contribution in [0.2, 0.25) is 0 Å². The average molecular weight is 407 g/mol. The topological polar surface area (TPSA) is 122 Å². The van der Waals surface area contributed by atoms with Gasteiger partial charge in [-0.2, -0.15) is 0 Å². The number of carboxylic acids is 1. The fraction of sp³-hybridized carbons (Fsp3) is 0. The van der Waals surface area contributed by atoms with Gasteiger partial charge >= 0.3 is 0 Å².